The summed E-state index contributed by atoms with van der Waals surface area (Å²) in [6.07, 6.45) is -0.295. The number of aliphatic hydroxyl groups is 1. The molecule has 214 valence electrons. The molecule has 3 N–H and O–H groups in total. The molecule has 1 spiro atoms. The minimum Gasteiger partial charge on any atom is -0.494 e. The Kier molecular flexibility index (Phi) is 7.68. The van der Waals surface area contributed by atoms with Crippen molar-refractivity contribution in [2.45, 2.75) is 31.3 Å². The number of carbonyl (C=O) groups is 3. The third-order valence-electron chi connectivity index (χ3n) is 8.07. The minimum atomic E-state index is -1.19. The number of methoxy groups -OCH3 is 1. The number of hydrogen-bond acceptors (Lipinski definition) is 6. The van der Waals surface area contributed by atoms with Gasteiger partial charge in [0.05, 0.1) is 12.7 Å². The molecule has 0 unspecified atom stereocenters. The van der Waals surface area contributed by atoms with E-state index in [1.165, 1.54) is 18.1 Å². The van der Waals surface area contributed by atoms with Crippen LogP contribution >= 0.6 is 0 Å². The van der Waals surface area contributed by atoms with E-state index in [-0.39, 0.29) is 30.8 Å². The van der Waals surface area contributed by atoms with E-state index in [9.17, 15) is 23.9 Å². The number of rotatable bonds is 7. The zero-order valence-electron chi connectivity index (χ0n) is 22.8. The van der Waals surface area contributed by atoms with Gasteiger partial charge in [0.2, 0.25) is 5.91 Å². The molecular formula is C31H31FN2O7. The highest BCUT2D eigenvalue weighted by molar-refractivity contribution is 5.95. The summed E-state index contributed by atoms with van der Waals surface area (Å²) in [5, 5.41) is 21.5. The smallest absolute Gasteiger partial charge is 0.407 e. The number of esters is 1. The first-order valence-corrected chi connectivity index (χ1v) is 13.3. The van der Waals surface area contributed by atoms with Crippen molar-refractivity contribution in [1.29, 1.82) is 0 Å². The van der Waals surface area contributed by atoms with Gasteiger partial charge in [0.1, 0.15) is 12.2 Å². The third-order valence-corrected chi connectivity index (χ3v) is 8.07. The maximum Gasteiger partial charge on any atom is 0.407 e. The lowest BCUT2D eigenvalue weighted by Crippen LogP contribution is -2.50. The fourth-order valence-corrected chi connectivity index (χ4v) is 6.05. The molecule has 2 aliphatic heterocycles. The zero-order chi connectivity index (χ0) is 29.3. The fourth-order valence-electron chi connectivity index (χ4n) is 6.05. The number of fused-ring (bicyclic) bond motifs is 2. The van der Waals surface area contributed by atoms with Crippen LogP contribution in [0.2, 0.25) is 0 Å². The van der Waals surface area contributed by atoms with Gasteiger partial charge in [0, 0.05) is 37.5 Å². The van der Waals surface area contributed by atoms with Crippen molar-refractivity contribution in [2.24, 2.45) is 0 Å². The number of carboxylic acid groups (broad SMARTS) is 1. The number of nitrogens with one attached hydrogen (secondary N) is 1. The van der Waals surface area contributed by atoms with Gasteiger partial charge in [-0.25, -0.2) is 14.0 Å². The van der Waals surface area contributed by atoms with E-state index in [4.69, 9.17) is 14.6 Å². The Morgan fingerprint density at radius 2 is 1.95 bits per heavy atom. The molecule has 3 aromatic rings. The summed E-state index contributed by atoms with van der Waals surface area (Å²) in [6, 6.07) is 16.3. The number of ether oxygens (including phenoxy) is 2. The first kappa shape index (κ1) is 28.1. The number of benzene rings is 3. The number of piperidine rings is 1. The maximum atomic E-state index is 14.5. The average molecular weight is 563 g/mol. The van der Waals surface area contributed by atoms with Gasteiger partial charge in [-0.05, 0) is 53.3 Å². The monoisotopic (exact) mass is 562 g/mol. The molecule has 1 fully saturated rings. The maximum absolute atomic E-state index is 14.5. The van der Waals surface area contributed by atoms with Crippen molar-refractivity contribution in [2.75, 3.05) is 33.4 Å². The molecule has 2 heterocycles. The number of carbonyl (C=O) groups excluding carboxylic acids is 2. The molecule has 2 atom stereocenters. The van der Waals surface area contributed by atoms with Crippen LogP contribution in [0.25, 0.3) is 11.1 Å². The highest BCUT2D eigenvalue weighted by Gasteiger charge is 2.55. The molecule has 41 heavy (non-hydrogen) atoms. The van der Waals surface area contributed by atoms with E-state index in [0.29, 0.717) is 18.5 Å². The molecule has 2 amide bonds. The molecule has 2 aliphatic rings. The SMILES string of the molecule is COc1cc2c(cc1F)C(=O)O[C@@]21CCN(C(=O)O)C[C@@H]1c1ccc(-c2ccccc2CCNC(=O)CO)cc1C. The van der Waals surface area contributed by atoms with Crippen LogP contribution in [0.5, 0.6) is 5.75 Å². The van der Waals surface area contributed by atoms with Crippen LogP contribution in [0.3, 0.4) is 0 Å². The molecule has 5 rings (SSSR count). The topological polar surface area (TPSA) is 125 Å². The van der Waals surface area contributed by atoms with Gasteiger partial charge in [0.15, 0.2) is 11.6 Å². The van der Waals surface area contributed by atoms with Gasteiger partial charge in [-0.1, -0.05) is 42.5 Å². The van der Waals surface area contributed by atoms with Gasteiger partial charge in [-0.2, -0.15) is 0 Å². The molecule has 0 aliphatic carbocycles. The van der Waals surface area contributed by atoms with Gasteiger partial charge in [-0.15, -0.1) is 0 Å². The van der Waals surface area contributed by atoms with E-state index in [2.05, 4.69) is 5.32 Å². The summed E-state index contributed by atoms with van der Waals surface area (Å²) in [4.78, 5) is 37.8. The molecular weight excluding hydrogens is 531 g/mol. The first-order chi connectivity index (χ1) is 19.7. The van der Waals surface area contributed by atoms with Crippen molar-refractivity contribution in [3.05, 3.63) is 88.2 Å². The second-order valence-electron chi connectivity index (χ2n) is 10.3. The van der Waals surface area contributed by atoms with Crippen LogP contribution in [-0.4, -0.2) is 66.4 Å². The zero-order valence-corrected chi connectivity index (χ0v) is 22.8. The second kappa shape index (κ2) is 11.2. The number of aryl methyl sites for hydroxylation is 1. The number of hydrogen-bond donors (Lipinski definition) is 3. The molecule has 1 saturated heterocycles. The Hall–Kier alpha value is -4.44. The average Bonchev–Trinajstić information content (AvgIpc) is 3.23. The summed E-state index contributed by atoms with van der Waals surface area (Å²) in [6.45, 7) is 1.97. The lowest BCUT2D eigenvalue weighted by atomic mass is 9.71. The van der Waals surface area contributed by atoms with Crippen LogP contribution in [-0.2, 0) is 21.6 Å². The summed E-state index contributed by atoms with van der Waals surface area (Å²) in [5.74, 6) is -2.32. The molecule has 0 aromatic heterocycles. The number of aliphatic hydroxyl groups excluding tert-OH is 1. The number of likely N-dealkylation sites (tertiary alicyclic amines) is 1. The molecule has 3 aromatic carbocycles. The van der Waals surface area contributed by atoms with Crippen LogP contribution in [0.15, 0.2) is 54.6 Å². The molecule has 10 heteroatoms. The lowest BCUT2D eigenvalue weighted by Gasteiger charge is -2.44. The van der Waals surface area contributed by atoms with Gasteiger partial charge < -0.3 is 29.9 Å². The van der Waals surface area contributed by atoms with E-state index >= 15 is 0 Å². The van der Waals surface area contributed by atoms with Crippen LogP contribution in [0.1, 0.15) is 45.0 Å². The minimum absolute atomic E-state index is 0.0142. The van der Waals surface area contributed by atoms with Gasteiger partial charge in [0.25, 0.3) is 0 Å². The predicted octanol–water partition coefficient (Wildman–Crippen LogP) is 3.99. The van der Waals surface area contributed by atoms with Gasteiger partial charge >= 0.3 is 12.1 Å². The summed E-state index contributed by atoms with van der Waals surface area (Å²) in [5.41, 5.74) is 4.04. The summed E-state index contributed by atoms with van der Waals surface area (Å²) in [7, 11) is 1.35. The van der Waals surface area contributed by atoms with Crippen LogP contribution in [0, 0.1) is 12.7 Å². The first-order valence-electron chi connectivity index (χ1n) is 13.3. The van der Waals surface area contributed by atoms with Gasteiger partial charge in [-0.3, -0.25) is 4.79 Å². The summed E-state index contributed by atoms with van der Waals surface area (Å²) < 4.78 is 25.8. The Morgan fingerprint density at radius 3 is 2.66 bits per heavy atom. The second-order valence-corrected chi connectivity index (χ2v) is 10.3. The van der Waals surface area contributed by atoms with Crippen LogP contribution in [0.4, 0.5) is 9.18 Å². The van der Waals surface area contributed by atoms with E-state index in [1.807, 2.05) is 49.4 Å². The van der Waals surface area contributed by atoms with Crippen molar-refractivity contribution in [1.82, 2.24) is 10.2 Å². The van der Waals surface area contributed by atoms with E-state index < -0.39 is 41.9 Å². The Morgan fingerprint density at radius 1 is 1.17 bits per heavy atom. The quantitative estimate of drug-likeness (QED) is 0.372. The standard InChI is InChI=1S/C31H31FN2O7/c1-18-13-20(22-6-4-3-5-19(22)9-11-33-28(36)17-35)7-8-21(18)25-16-34(30(38)39)12-10-31(25)24-15-27(40-2)26(32)14-23(24)29(37)41-31/h3-8,13-15,25,35H,9-12,16-17H2,1-2H3,(H,33,36)(H,38,39)/t25-,31+/m1/s1. The Labute approximate surface area is 236 Å². The van der Waals surface area contributed by atoms with Crippen molar-refractivity contribution in [3.8, 4) is 16.9 Å². The molecule has 0 radical (unpaired) electrons. The number of nitrogens with zero attached hydrogens (tertiary/aromatic N) is 1. The summed E-state index contributed by atoms with van der Waals surface area (Å²) >= 11 is 0. The van der Waals surface area contributed by atoms with Crippen molar-refractivity contribution in [3.63, 3.8) is 0 Å². The fraction of sp³-hybridized carbons (Fsp3) is 0.323. The largest absolute Gasteiger partial charge is 0.494 e. The number of amides is 2. The van der Waals surface area contributed by atoms with Crippen molar-refractivity contribution < 1.29 is 38.5 Å². The Balaban J connectivity index is 1.55. The molecule has 0 bridgehead atoms. The predicted molar refractivity (Wildman–Crippen MR) is 147 cm³/mol. The van der Waals surface area contributed by atoms with Crippen LogP contribution < -0.4 is 10.1 Å². The van der Waals surface area contributed by atoms with E-state index in [1.54, 1.807) is 0 Å². The number of halogens is 1. The lowest BCUT2D eigenvalue weighted by molar-refractivity contribution is -0.123. The van der Waals surface area contributed by atoms with E-state index in [0.717, 1.165) is 33.9 Å². The highest BCUT2D eigenvalue weighted by Crippen LogP contribution is 2.53. The highest BCUT2D eigenvalue weighted by atomic mass is 19.1. The normalized spacial score (nSPS) is 19.6. The third kappa shape index (κ3) is 5.11. The molecule has 0 saturated carbocycles. The Bertz CT molecular complexity index is 1520. The molecule has 9 nitrogen and oxygen atoms in total. The van der Waals surface area contributed by atoms with Crippen molar-refractivity contribution >= 4 is 18.0 Å².